The van der Waals surface area contributed by atoms with E-state index in [4.69, 9.17) is 14.5 Å². The lowest BCUT2D eigenvalue weighted by molar-refractivity contribution is 0.0218. The maximum absolute atomic E-state index is 12.7. The molecule has 0 aromatic carbocycles. The van der Waals surface area contributed by atoms with Gasteiger partial charge < -0.3 is 24.2 Å². The van der Waals surface area contributed by atoms with Crippen LogP contribution in [0.2, 0.25) is 0 Å². The van der Waals surface area contributed by atoms with Crippen molar-refractivity contribution in [2.75, 3.05) is 49.2 Å². The van der Waals surface area contributed by atoms with E-state index in [0.29, 0.717) is 49.9 Å². The molecule has 2 aliphatic heterocycles. The average molecular weight is 519 g/mol. The number of amides is 1. The van der Waals surface area contributed by atoms with E-state index < -0.39 is 5.60 Å². The quantitative estimate of drug-likeness (QED) is 0.515. The first-order valence-corrected chi connectivity index (χ1v) is 13.0. The minimum absolute atomic E-state index is 0.00715. The van der Waals surface area contributed by atoms with Crippen LogP contribution in [0.4, 0.5) is 16.3 Å². The predicted molar refractivity (Wildman–Crippen MR) is 144 cm³/mol. The average Bonchev–Trinajstić information content (AvgIpc) is 3.28. The number of pyridine rings is 1. The lowest BCUT2D eigenvalue weighted by atomic mass is 10.1. The number of hydrogen-bond acceptors (Lipinski definition) is 9. The van der Waals surface area contributed by atoms with Crippen LogP contribution in [0.5, 0.6) is 0 Å². The maximum atomic E-state index is 12.7. The number of nitriles is 1. The van der Waals surface area contributed by atoms with Gasteiger partial charge in [-0.1, -0.05) is 0 Å². The Hall–Kier alpha value is -3.91. The summed E-state index contributed by atoms with van der Waals surface area (Å²) in [6.07, 6.45) is 4.95. The molecule has 3 aromatic heterocycles. The molecule has 200 valence electrons. The van der Waals surface area contributed by atoms with Crippen molar-refractivity contribution in [2.24, 2.45) is 0 Å². The van der Waals surface area contributed by atoms with E-state index in [0.717, 1.165) is 23.4 Å². The van der Waals surface area contributed by atoms with Crippen molar-refractivity contribution in [1.82, 2.24) is 24.4 Å². The molecular weight excluding hydrogens is 484 g/mol. The summed E-state index contributed by atoms with van der Waals surface area (Å²) in [4.78, 5) is 33.0. The van der Waals surface area contributed by atoms with Crippen LogP contribution in [0, 0.1) is 11.3 Å². The molecule has 2 aliphatic rings. The van der Waals surface area contributed by atoms with Crippen molar-refractivity contribution in [3.63, 3.8) is 0 Å². The number of hydrogen-bond donors (Lipinski definition) is 0. The van der Waals surface area contributed by atoms with E-state index in [1.54, 1.807) is 29.6 Å². The molecule has 5 heterocycles. The Bertz CT molecular complexity index is 1370. The zero-order valence-corrected chi connectivity index (χ0v) is 22.6. The highest BCUT2D eigenvalue weighted by Crippen LogP contribution is 2.38. The van der Waals surface area contributed by atoms with Gasteiger partial charge in [0, 0.05) is 50.7 Å². The van der Waals surface area contributed by atoms with E-state index in [1.165, 1.54) is 0 Å². The van der Waals surface area contributed by atoms with Crippen LogP contribution >= 0.6 is 0 Å². The largest absolute Gasteiger partial charge is 0.444 e. The fraction of sp³-hybridized carbons (Fsp3) is 0.519. The molecule has 0 spiro atoms. The molecule has 11 nitrogen and oxygen atoms in total. The van der Waals surface area contributed by atoms with Crippen LogP contribution in [-0.2, 0) is 9.47 Å². The van der Waals surface area contributed by atoms with Gasteiger partial charge in [0.05, 0.1) is 35.9 Å². The van der Waals surface area contributed by atoms with Gasteiger partial charge in [0.25, 0.3) is 0 Å². The molecule has 0 N–H and O–H groups in total. The first-order chi connectivity index (χ1) is 18.2. The Morgan fingerprint density at radius 2 is 1.95 bits per heavy atom. The number of ether oxygens (including phenoxy) is 2. The normalized spacial score (nSPS) is 20.5. The van der Waals surface area contributed by atoms with E-state index in [2.05, 4.69) is 39.7 Å². The Balaban J connectivity index is 1.57. The van der Waals surface area contributed by atoms with Crippen LogP contribution in [0.1, 0.15) is 40.2 Å². The van der Waals surface area contributed by atoms with Crippen molar-refractivity contribution < 1.29 is 14.3 Å². The molecule has 0 aliphatic carbocycles. The first kappa shape index (κ1) is 25.7. The van der Waals surface area contributed by atoms with Gasteiger partial charge >= 0.3 is 6.09 Å². The molecular formula is C27H34N8O3. The van der Waals surface area contributed by atoms with Crippen molar-refractivity contribution in [1.29, 1.82) is 5.26 Å². The molecule has 0 bridgehead atoms. The molecule has 3 aromatic rings. The van der Waals surface area contributed by atoms with Gasteiger partial charge in [-0.15, -0.1) is 0 Å². The summed E-state index contributed by atoms with van der Waals surface area (Å²) in [6.45, 7) is 13.5. The number of rotatable bonds is 3. The van der Waals surface area contributed by atoms with Gasteiger partial charge in [-0.05, 0) is 46.8 Å². The van der Waals surface area contributed by atoms with Gasteiger partial charge in [0.1, 0.15) is 23.6 Å². The molecule has 0 unspecified atom stereocenters. The molecule has 5 rings (SSSR count). The van der Waals surface area contributed by atoms with Gasteiger partial charge in [-0.25, -0.2) is 19.7 Å². The second kappa shape index (κ2) is 10.1. The van der Waals surface area contributed by atoms with Crippen molar-refractivity contribution >= 4 is 28.6 Å². The molecule has 1 amide bonds. The third kappa shape index (κ3) is 4.96. The molecule has 0 radical (unpaired) electrons. The fourth-order valence-corrected chi connectivity index (χ4v) is 5.11. The van der Waals surface area contributed by atoms with Crippen LogP contribution in [0.15, 0.2) is 30.9 Å². The second-order valence-electron chi connectivity index (χ2n) is 10.9. The third-order valence-corrected chi connectivity index (χ3v) is 6.89. The van der Waals surface area contributed by atoms with Crippen LogP contribution in [0.25, 0.3) is 16.9 Å². The summed E-state index contributed by atoms with van der Waals surface area (Å²) in [6, 6.07) is 5.81. The number of nitrogens with zero attached hydrogens (tertiary/aromatic N) is 8. The van der Waals surface area contributed by atoms with Crippen LogP contribution in [-0.4, -0.2) is 87.6 Å². The van der Waals surface area contributed by atoms with Crippen LogP contribution < -0.4 is 9.80 Å². The number of morpholine rings is 1. The molecule has 2 fully saturated rings. The summed E-state index contributed by atoms with van der Waals surface area (Å²) in [5.41, 5.74) is 1.70. The number of carbonyl (C=O) groups is 1. The van der Waals surface area contributed by atoms with Crippen molar-refractivity contribution in [2.45, 2.75) is 52.3 Å². The highest BCUT2D eigenvalue weighted by atomic mass is 16.6. The maximum Gasteiger partial charge on any atom is 0.410 e. The smallest absolute Gasteiger partial charge is 0.410 e. The summed E-state index contributed by atoms with van der Waals surface area (Å²) in [5.74, 6) is 1.43. The highest BCUT2D eigenvalue weighted by Gasteiger charge is 2.33. The Morgan fingerprint density at radius 1 is 1.13 bits per heavy atom. The molecule has 2 atom stereocenters. The van der Waals surface area contributed by atoms with Crippen molar-refractivity contribution in [3.05, 3.63) is 36.4 Å². The minimum atomic E-state index is -0.542. The monoisotopic (exact) mass is 518 g/mol. The standard InChI is InChI=1S/C27H34N8O3/c1-18-14-32(26(36)38-27(3,4)5)8-9-34(18)24-23-21(33-10-11-37-16-19(33)2)15-35(25(23)31-17-30-24)22-12-20(13-28)6-7-29-22/h6-7,12,15,17-19H,8-11,14,16H2,1-5H3/t18-,19+/m0/s1. The van der Waals surface area contributed by atoms with E-state index in [1.807, 2.05) is 31.5 Å². The zero-order chi connectivity index (χ0) is 27.0. The highest BCUT2D eigenvalue weighted by molar-refractivity contribution is 6.01. The Morgan fingerprint density at radius 3 is 2.66 bits per heavy atom. The number of piperazine rings is 1. The number of carbonyl (C=O) groups excluding carboxylic acids is 1. The topological polar surface area (TPSA) is 113 Å². The van der Waals surface area contributed by atoms with E-state index in [-0.39, 0.29) is 18.2 Å². The second-order valence-corrected chi connectivity index (χ2v) is 10.9. The minimum Gasteiger partial charge on any atom is -0.444 e. The molecule has 0 saturated carbocycles. The van der Waals surface area contributed by atoms with Gasteiger partial charge in [0.15, 0.2) is 5.65 Å². The SMILES string of the molecule is C[C@@H]1COCCN1c1cn(-c2cc(C#N)ccn2)c2ncnc(N3CCN(C(=O)OC(C)(C)C)C[C@@H]3C)c12. The van der Waals surface area contributed by atoms with E-state index >= 15 is 0 Å². The Kier molecular flexibility index (Phi) is 6.84. The summed E-state index contributed by atoms with van der Waals surface area (Å²) >= 11 is 0. The third-order valence-electron chi connectivity index (χ3n) is 6.89. The van der Waals surface area contributed by atoms with E-state index in [9.17, 15) is 10.1 Å². The van der Waals surface area contributed by atoms with Crippen LogP contribution in [0.3, 0.4) is 0 Å². The molecule has 11 heteroatoms. The predicted octanol–water partition coefficient (Wildman–Crippen LogP) is 3.36. The number of anilines is 2. The lowest BCUT2D eigenvalue weighted by Gasteiger charge is -2.41. The number of fused-ring (bicyclic) bond motifs is 1. The molecule has 2 saturated heterocycles. The lowest BCUT2D eigenvalue weighted by Crippen LogP contribution is -2.55. The fourth-order valence-electron chi connectivity index (χ4n) is 5.11. The molecule has 38 heavy (non-hydrogen) atoms. The van der Waals surface area contributed by atoms with Crippen molar-refractivity contribution in [3.8, 4) is 11.9 Å². The summed E-state index contributed by atoms with van der Waals surface area (Å²) in [5, 5.41) is 10.4. The zero-order valence-electron chi connectivity index (χ0n) is 22.6. The van der Waals surface area contributed by atoms with Gasteiger partial charge in [0.2, 0.25) is 0 Å². The Labute approximate surface area is 222 Å². The summed E-state index contributed by atoms with van der Waals surface area (Å²) < 4.78 is 13.3. The summed E-state index contributed by atoms with van der Waals surface area (Å²) in [7, 11) is 0. The van der Waals surface area contributed by atoms with Gasteiger partial charge in [-0.2, -0.15) is 5.26 Å². The first-order valence-electron chi connectivity index (χ1n) is 13.0. The van der Waals surface area contributed by atoms with Gasteiger partial charge in [-0.3, -0.25) is 4.57 Å². The number of aromatic nitrogens is 4.